The first kappa shape index (κ1) is 40.2. The van der Waals surface area contributed by atoms with E-state index in [1.807, 2.05) is 0 Å². The van der Waals surface area contributed by atoms with Gasteiger partial charge in [0.05, 0.1) is 19.8 Å². The largest absolute Gasteiger partial charge is 0.457 e. The molecule has 9 heteroatoms. The van der Waals surface area contributed by atoms with Gasteiger partial charge in [0, 0.05) is 13.0 Å². The summed E-state index contributed by atoms with van der Waals surface area (Å²) in [5.74, 6) is -0.321. The lowest BCUT2D eigenvalue weighted by Crippen LogP contribution is -2.59. The molecule has 1 fully saturated rings. The van der Waals surface area contributed by atoms with Gasteiger partial charge >= 0.3 is 5.97 Å². The zero-order chi connectivity index (χ0) is 31.5. The van der Waals surface area contributed by atoms with Crippen molar-refractivity contribution in [2.45, 2.75) is 185 Å². The molecule has 1 aliphatic heterocycles. The van der Waals surface area contributed by atoms with E-state index in [2.05, 4.69) is 13.8 Å². The Morgan fingerprint density at radius 3 is 1.65 bits per heavy atom. The Kier molecular flexibility index (Phi) is 25.7. The van der Waals surface area contributed by atoms with Crippen LogP contribution in [0.4, 0.5) is 0 Å². The minimum Gasteiger partial charge on any atom is -0.457 e. The van der Waals surface area contributed by atoms with Crippen LogP contribution in [0.15, 0.2) is 0 Å². The molecule has 0 aromatic heterocycles. The van der Waals surface area contributed by atoms with Gasteiger partial charge in [-0.1, -0.05) is 129 Å². The zero-order valence-corrected chi connectivity index (χ0v) is 27.5. The summed E-state index contributed by atoms with van der Waals surface area (Å²) in [6.45, 7) is 4.50. The van der Waals surface area contributed by atoms with Gasteiger partial charge in [-0.05, 0) is 12.8 Å². The van der Waals surface area contributed by atoms with Gasteiger partial charge in [-0.15, -0.1) is 0 Å². The van der Waals surface area contributed by atoms with E-state index in [1.54, 1.807) is 0 Å². The monoisotopic (exact) mass is 618 g/mol. The fourth-order valence-electron chi connectivity index (χ4n) is 5.43. The third-order valence-corrected chi connectivity index (χ3v) is 8.27. The van der Waals surface area contributed by atoms with Crippen molar-refractivity contribution in [3.05, 3.63) is 0 Å². The standard InChI is InChI=1S/C34H66O9/c1-3-5-7-9-11-12-13-14-15-16-17-18-20-22-24-40-26-28(42-30(36)23-21-19-10-8-6-4-2)27-41-34-33(39)32(38)31(37)29(25-35)43-34/h28-29,31-35,37-39H,3-27H2,1-2H3. The molecule has 0 saturated carbocycles. The summed E-state index contributed by atoms with van der Waals surface area (Å²) in [6.07, 6.45) is 17.2. The van der Waals surface area contributed by atoms with Gasteiger partial charge in [-0.25, -0.2) is 0 Å². The minimum atomic E-state index is -1.53. The fourth-order valence-corrected chi connectivity index (χ4v) is 5.43. The lowest BCUT2D eigenvalue weighted by atomic mass is 9.99. The number of ether oxygens (including phenoxy) is 4. The minimum absolute atomic E-state index is 0.107. The number of aliphatic hydroxyl groups excluding tert-OH is 4. The summed E-state index contributed by atoms with van der Waals surface area (Å²) in [7, 11) is 0. The molecule has 0 aromatic carbocycles. The Hall–Kier alpha value is -0.810. The molecule has 43 heavy (non-hydrogen) atoms. The van der Waals surface area contributed by atoms with Crippen molar-refractivity contribution < 1.29 is 44.2 Å². The van der Waals surface area contributed by atoms with Crippen LogP contribution in [-0.4, -0.2) is 89.6 Å². The van der Waals surface area contributed by atoms with Gasteiger partial charge in [0.25, 0.3) is 0 Å². The topological polar surface area (TPSA) is 135 Å². The van der Waals surface area contributed by atoms with Crippen LogP contribution in [0.3, 0.4) is 0 Å². The molecule has 0 amide bonds. The number of carbonyl (C=O) groups is 1. The molecule has 0 aliphatic carbocycles. The maximum atomic E-state index is 12.5. The molecule has 0 aromatic rings. The molecular formula is C34H66O9. The van der Waals surface area contributed by atoms with E-state index >= 15 is 0 Å². The summed E-state index contributed by atoms with van der Waals surface area (Å²) in [5.41, 5.74) is 0. The SMILES string of the molecule is CCCCCCCCCCCCCCCCOCC(COC1OC(CO)C(O)C(O)C1O)OC(=O)CCCCCCCC. The molecule has 6 unspecified atom stereocenters. The van der Waals surface area contributed by atoms with Gasteiger partial charge in [-0.2, -0.15) is 0 Å². The third kappa shape index (κ3) is 20.0. The van der Waals surface area contributed by atoms with E-state index in [9.17, 15) is 25.2 Å². The molecule has 256 valence electrons. The van der Waals surface area contributed by atoms with Crippen LogP contribution in [0.1, 0.15) is 149 Å². The van der Waals surface area contributed by atoms with Crippen LogP contribution in [-0.2, 0) is 23.7 Å². The van der Waals surface area contributed by atoms with Gasteiger partial charge in [0.1, 0.15) is 30.5 Å². The number of hydrogen-bond acceptors (Lipinski definition) is 9. The molecule has 4 N–H and O–H groups in total. The lowest BCUT2D eigenvalue weighted by Gasteiger charge is -2.39. The average Bonchev–Trinajstić information content (AvgIpc) is 3.00. The number of carbonyl (C=O) groups excluding carboxylic acids is 1. The van der Waals surface area contributed by atoms with E-state index < -0.39 is 43.4 Å². The van der Waals surface area contributed by atoms with Crippen LogP contribution < -0.4 is 0 Å². The number of aliphatic hydroxyl groups is 4. The summed E-state index contributed by atoms with van der Waals surface area (Å²) >= 11 is 0. The van der Waals surface area contributed by atoms with Crippen molar-refractivity contribution in [3.63, 3.8) is 0 Å². The van der Waals surface area contributed by atoms with Crippen molar-refractivity contribution in [2.24, 2.45) is 0 Å². The van der Waals surface area contributed by atoms with Crippen molar-refractivity contribution in [3.8, 4) is 0 Å². The number of esters is 1. The van der Waals surface area contributed by atoms with Crippen LogP contribution >= 0.6 is 0 Å². The van der Waals surface area contributed by atoms with Crippen LogP contribution in [0.25, 0.3) is 0 Å². The first-order valence-corrected chi connectivity index (χ1v) is 17.6. The Labute approximate surface area is 262 Å². The molecule has 0 spiro atoms. The van der Waals surface area contributed by atoms with Gasteiger partial charge in [-0.3, -0.25) is 4.79 Å². The van der Waals surface area contributed by atoms with E-state index in [1.165, 1.54) is 96.3 Å². The Bertz CT molecular complexity index is 633. The van der Waals surface area contributed by atoms with Crippen LogP contribution in [0.2, 0.25) is 0 Å². The molecule has 1 aliphatic rings. The van der Waals surface area contributed by atoms with Crippen molar-refractivity contribution in [2.75, 3.05) is 26.4 Å². The lowest BCUT2D eigenvalue weighted by molar-refractivity contribution is -0.305. The Morgan fingerprint density at radius 2 is 1.14 bits per heavy atom. The zero-order valence-electron chi connectivity index (χ0n) is 27.5. The van der Waals surface area contributed by atoms with Gasteiger partial charge in [0.2, 0.25) is 0 Å². The second-order valence-electron chi connectivity index (χ2n) is 12.3. The Balaban J connectivity index is 2.29. The molecular weight excluding hydrogens is 552 g/mol. The number of rotatable bonds is 29. The summed E-state index contributed by atoms with van der Waals surface area (Å²) in [5, 5.41) is 39.7. The third-order valence-electron chi connectivity index (χ3n) is 8.27. The molecule has 6 atom stereocenters. The average molecular weight is 619 g/mol. The van der Waals surface area contributed by atoms with Crippen molar-refractivity contribution in [1.29, 1.82) is 0 Å². The van der Waals surface area contributed by atoms with E-state index in [-0.39, 0.29) is 19.2 Å². The smallest absolute Gasteiger partial charge is 0.306 e. The van der Waals surface area contributed by atoms with Crippen molar-refractivity contribution >= 4 is 5.97 Å². The maximum Gasteiger partial charge on any atom is 0.306 e. The van der Waals surface area contributed by atoms with Crippen LogP contribution in [0.5, 0.6) is 0 Å². The quantitative estimate of drug-likeness (QED) is 0.0591. The predicted molar refractivity (Wildman–Crippen MR) is 169 cm³/mol. The molecule has 1 heterocycles. The van der Waals surface area contributed by atoms with Gasteiger partial charge < -0.3 is 39.4 Å². The maximum absolute atomic E-state index is 12.5. The second kappa shape index (κ2) is 27.5. The van der Waals surface area contributed by atoms with E-state index in [0.29, 0.717) is 13.0 Å². The summed E-state index contributed by atoms with van der Waals surface area (Å²) in [6, 6.07) is 0. The second-order valence-corrected chi connectivity index (χ2v) is 12.3. The van der Waals surface area contributed by atoms with E-state index in [0.717, 1.165) is 32.1 Å². The van der Waals surface area contributed by atoms with Crippen molar-refractivity contribution in [1.82, 2.24) is 0 Å². The summed E-state index contributed by atoms with van der Waals surface area (Å²) < 4.78 is 22.5. The molecule has 0 bridgehead atoms. The molecule has 1 rings (SSSR count). The normalized spacial score (nSPS) is 23.0. The summed E-state index contributed by atoms with van der Waals surface area (Å²) in [4.78, 5) is 12.5. The molecule has 9 nitrogen and oxygen atoms in total. The highest BCUT2D eigenvalue weighted by atomic mass is 16.7. The highest BCUT2D eigenvalue weighted by molar-refractivity contribution is 5.69. The highest BCUT2D eigenvalue weighted by Gasteiger charge is 2.44. The number of hydrogen-bond donors (Lipinski definition) is 4. The van der Waals surface area contributed by atoms with Gasteiger partial charge in [0.15, 0.2) is 6.29 Å². The molecule has 1 saturated heterocycles. The first-order valence-electron chi connectivity index (χ1n) is 17.6. The first-order chi connectivity index (χ1) is 20.9. The molecule has 0 radical (unpaired) electrons. The van der Waals surface area contributed by atoms with Crippen LogP contribution in [0, 0.1) is 0 Å². The Morgan fingerprint density at radius 1 is 0.651 bits per heavy atom. The fraction of sp³-hybridized carbons (Fsp3) is 0.971. The predicted octanol–water partition coefficient (Wildman–Crippen LogP) is 5.96. The van der Waals surface area contributed by atoms with E-state index in [4.69, 9.17) is 18.9 Å². The highest BCUT2D eigenvalue weighted by Crippen LogP contribution is 2.22. The number of unbranched alkanes of at least 4 members (excludes halogenated alkanes) is 18.